The van der Waals surface area contributed by atoms with E-state index in [2.05, 4.69) is 10.6 Å². The first-order valence-electron chi connectivity index (χ1n) is 12.7. The number of carbonyl (C=O) groups excluding carboxylic acids is 3. The van der Waals surface area contributed by atoms with Gasteiger partial charge in [0.15, 0.2) is 0 Å². The van der Waals surface area contributed by atoms with Gasteiger partial charge in [0.1, 0.15) is 11.9 Å². The first-order chi connectivity index (χ1) is 17.6. The summed E-state index contributed by atoms with van der Waals surface area (Å²) in [6.45, 7) is 8.00. The van der Waals surface area contributed by atoms with Crippen LogP contribution in [0.3, 0.4) is 0 Å². The fraction of sp³-hybridized carbons (Fsp3) is 0.464. The van der Waals surface area contributed by atoms with E-state index in [0.717, 1.165) is 5.56 Å². The lowest BCUT2D eigenvalue weighted by Gasteiger charge is -2.38. The minimum atomic E-state index is -0.417. The molecule has 9 nitrogen and oxygen atoms in total. The molecule has 0 bridgehead atoms. The van der Waals surface area contributed by atoms with Crippen molar-refractivity contribution in [1.29, 1.82) is 0 Å². The van der Waals surface area contributed by atoms with E-state index < -0.39 is 12.1 Å². The fourth-order valence-electron chi connectivity index (χ4n) is 4.21. The molecule has 1 aliphatic rings. The van der Waals surface area contributed by atoms with E-state index in [1.54, 1.807) is 42.0 Å². The van der Waals surface area contributed by atoms with Gasteiger partial charge in [0.05, 0.1) is 31.2 Å². The molecule has 0 aromatic heterocycles. The Kier molecular flexibility index (Phi) is 9.52. The molecule has 0 unspecified atom stereocenters. The van der Waals surface area contributed by atoms with Crippen LogP contribution in [0.1, 0.15) is 43.6 Å². The second-order valence-electron chi connectivity index (χ2n) is 10.0. The molecule has 37 heavy (non-hydrogen) atoms. The van der Waals surface area contributed by atoms with E-state index in [1.807, 2.05) is 51.1 Å². The molecule has 0 spiro atoms. The van der Waals surface area contributed by atoms with Gasteiger partial charge in [-0.25, -0.2) is 4.79 Å². The smallest absolute Gasteiger partial charge is 0.317 e. The molecule has 1 aliphatic heterocycles. The Balaban J connectivity index is 1.87. The molecule has 3 atom stereocenters. The van der Waals surface area contributed by atoms with Crippen LogP contribution in [-0.2, 0) is 11.2 Å². The maximum atomic E-state index is 13.6. The predicted octanol–water partition coefficient (Wildman–Crippen LogP) is 3.14. The molecule has 0 saturated carbocycles. The van der Waals surface area contributed by atoms with E-state index >= 15 is 0 Å². The Bertz CT molecular complexity index is 1090. The van der Waals surface area contributed by atoms with Crippen LogP contribution in [0.25, 0.3) is 0 Å². The Morgan fingerprint density at radius 2 is 1.86 bits per heavy atom. The van der Waals surface area contributed by atoms with Crippen molar-refractivity contribution in [2.24, 2.45) is 5.92 Å². The van der Waals surface area contributed by atoms with Crippen LogP contribution < -0.4 is 15.4 Å². The average Bonchev–Trinajstić information content (AvgIpc) is 2.86. The Labute approximate surface area is 218 Å². The van der Waals surface area contributed by atoms with Crippen molar-refractivity contribution in [3.63, 3.8) is 0 Å². The van der Waals surface area contributed by atoms with Gasteiger partial charge in [-0.1, -0.05) is 37.3 Å². The molecule has 200 valence electrons. The topological polar surface area (TPSA) is 111 Å². The van der Waals surface area contributed by atoms with Gasteiger partial charge in [0.25, 0.3) is 5.91 Å². The van der Waals surface area contributed by atoms with Crippen molar-refractivity contribution in [3.8, 4) is 5.75 Å². The summed E-state index contributed by atoms with van der Waals surface area (Å²) in [5.41, 5.74) is 1.66. The normalized spacial score (nSPS) is 18.2. The van der Waals surface area contributed by atoms with Gasteiger partial charge in [0, 0.05) is 31.2 Å². The molecule has 2 aromatic rings. The molecular formula is C28H38N4O5. The molecule has 3 rings (SSSR count). The van der Waals surface area contributed by atoms with Gasteiger partial charge in [-0.05, 0) is 44.5 Å². The molecule has 0 fully saturated rings. The van der Waals surface area contributed by atoms with Gasteiger partial charge in [0.2, 0.25) is 5.91 Å². The monoisotopic (exact) mass is 510 g/mol. The summed E-state index contributed by atoms with van der Waals surface area (Å²) in [5, 5.41) is 15.6. The highest BCUT2D eigenvalue weighted by atomic mass is 16.5. The second-order valence-corrected chi connectivity index (χ2v) is 10.0. The number of aliphatic hydroxyl groups excluding tert-OH is 1. The van der Waals surface area contributed by atoms with E-state index in [0.29, 0.717) is 30.1 Å². The lowest BCUT2D eigenvalue weighted by Crippen LogP contribution is -2.51. The standard InChI is InChI=1S/C28H38N4O5/c1-18(2)29-28(36)31(5)16-25-19(3)15-32(20(4)17-33)27(35)23-14-22(11-12-24(23)37-25)30-26(34)13-21-9-7-6-8-10-21/h6-12,14,18-20,25,33H,13,15-17H2,1-5H3,(H,29,36)(H,30,34)/t19-,20+,25+/m0/s1. The number of fused-ring (bicyclic) bond motifs is 1. The number of carbonyl (C=O) groups is 3. The fourth-order valence-corrected chi connectivity index (χ4v) is 4.21. The highest BCUT2D eigenvalue weighted by Crippen LogP contribution is 2.30. The number of hydrogen-bond donors (Lipinski definition) is 3. The quantitative estimate of drug-likeness (QED) is 0.505. The molecule has 9 heteroatoms. The number of anilines is 1. The van der Waals surface area contributed by atoms with Gasteiger partial charge >= 0.3 is 6.03 Å². The van der Waals surface area contributed by atoms with E-state index in [4.69, 9.17) is 4.74 Å². The van der Waals surface area contributed by atoms with Crippen LogP contribution >= 0.6 is 0 Å². The number of hydrogen-bond acceptors (Lipinski definition) is 5. The van der Waals surface area contributed by atoms with Crippen molar-refractivity contribution in [2.45, 2.75) is 52.3 Å². The lowest BCUT2D eigenvalue weighted by atomic mass is 9.99. The van der Waals surface area contributed by atoms with Crippen molar-refractivity contribution in [2.75, 3.05) is 32.1 Å². The van der Waals surface area contributed by atoms with Crippen LogP contribution in [0.15, 0.2) is 48.5 Å². The summed E-state index contributed by atoms with van der Waals surface area (Å²) in [6.07, 6.45) is -0.192. The number of likely N-dealkylation sites (N-methyl/N-ethyl adjacent to an activating group) is 1. The Hall–Kier alpha value is -3.59. The van der Waals surface area contributed by atoms with Gasteiger partial charge in [-0.3, -0.25) is 9.59 Å². The van der Waals surface area contributed by atoms with Crippen LogP contribution in [0.4, 0.5) is 10.5 Å². The zero-order valence-electron chi connectivity index (χ0n) is 22.2. The van der Waals surface area contributed by atoms with Crippen LogP contribution in [0.2, 0.25) is 0 Å². The van der Waals surface area contributed by atoms with Crippen LogP contribution in [0.5, 0.6) is 5.75 Å². The number of benzene rings is 2. The third-order valence-corrected chi connectivity index (χ3v) is 6.37. The molecule has 3 N–H and O–H groups in total. The summed E-state index contributed by atoms with van der Waals surface area (Å²) in [4.78, 5) is 41.9. The van der Waals surface area contributed by atoms with Crippen molar-refractivity contribution >= 4 is 23.5 Å². The molecule has 2 aromatic carbocycles. The minimum Gasteiger partial charge on any atom is -0.487 e. The number of amides is 4. The highest BCUT2D eigenvalue weighted by Gasteiger charge is 2.34. The Morgan fingerprint density at radius 1 is 1.16 bits per heavy atom. The first-order valence-corrected chi connectivity index (χ1v) is 12.7. The third-order valence-electron chi connectivity index (χ3n) is 6.37. The molecule has 0 saturated heterocycles. The minimum absolute atomic E-state index is 0.000362. The molecule has 4 amide bonds. The first kappa shape index (κ1) is 28.0. The maximum Gasteiger partial charge on any atom is 0.317 e. The molecule has 1 heterocycles. The number of rotatable bonds is 8. The van der Waals surface area contributed by atoms with Crippen molar-refractivity contribution < 1.29 is 24.2 Å². The number of nitrogens with one attached hydrogen (secondary N) is 2. The van der Waals surface area contributed by atoms with Gasteiger partial charge in [-0.15, -0.1) is 0 Å². The number of aliphatic hydroxyl groups is 1. The third kappa shape index (κ3) is 7.45. The van der Waals surface area contributed by atoms with E-state index in [-0.39, 0.29) is 42.8 Å². The van der Waals surface area contributed by atoms with E-state index in [1.165, 1.54) is 0 Å². The summed E-state index contributed by atoms with van der Waals surface area (Å²) in [6, 6.07) is 13.8. The van der Waals surface area contributed by atoms with Crippen molar-refractivity contribution in [1.82, 2.24) is 15.1 Å². The van der Waals surface area contributed by atoms with Gasteiger partial charge < -0.3 is 30.3 Å². The summed E-state index contributed by atoms with van der Waals surface area (Å²) in [7, 11) is 1.71. The molecular weight excluding hydrogens is 472 g/mol. The second kappa shape index (κ2) is 12.6. The largest absolute Gasteiger partial charge is 0.487 e. The van der Waals surface area contributed by atoms with Crippen LogP contribution in [0, 0.1) is 5.92 Å². The molecule has 0 aliphatic carbocycles. The SMILES string of the molecule is CC(C)NC(=O)N(C)C[C@H]1Oc2ccc(NC(=O)Cc3ccccc3)cc2C(=O)N([C@H](C)CO)C[C@@H]1C. The zero-order chi connectivity index (χ0) is 27.1. The predicted molar refractivity (Wildman–Crippen MR) is 143 cm³/mol. The van der Waals surface area contributed by atoms with Crippen LogP contribution in [-0.4, -0.2) is 77.7 Å². The van der Waals surface area contributed by atoms with E-state index in [9.17, 15) is 19.5 Å². The summed E-state index contributed by atoms with van der Waals surface area (Å²) >= 11 is 0. The summed E-state index contributed by atoms with van der Waals surface area (Å²) in [5.74, 6) is -0.233. The number of urea groups is 1. The number of nitrogens with zero attached hydrogens (tertiary/aromatic N) is 2. The van der Waals surface area contributed by atoms with Crippen molar-refractivity contribution in [3.05, 3.63) is 59.7 Å². The Morgan fingerprint density at radius 3 is 2.51 bits per heavy atom. The zero-order valence-corrected chi connectivity index (χ0v) is 22.2. The summed E-state index contributed by atoms with van der Waals surface area (Å²) < 4.78 is 6.32. The molecule has 0 radical (unpaired) electrons. The maximum absolute atomic E-state index is 13.6. The lowest BCUT2D eigenvalue weighted by molar-refractivity contribution is -0.115. The number of ether oxygens (including phenoxy) is 1. The van der Waals surface area contributed by atoms with Gasteiger partial charge in [-0.2, -0.15) is 0 Å². The highest BCUT2D eigenvalue weighted by molar-refractivity contribution is 6.00. The average molecular weight is 511 g/mol.